The van der Waals surface area contributed by atoms with E-state index in [1.165, 1.54) is 12.8 Å². The van der Waals surface area contributed by atoms with E-state index in [1.807, 2.05) is 20.8 Å². The topological polar surface area (TPSA) is 94.2 Å². The van der Waals surface area contributed by atoms with Crippen LogP contribution in [-0.2, 0) is 18.3 Å². The Morgan fingerprint density at radius 1 is 1.48 bits per heavy atom. The summed E-state index contributed by atoms with van der Waals surface area (Å²) in [5.41, 5.74) is 6.24. The molecule has 1 fully saturated rings. The summed E-state index contributed by atoms with van der Waals surface area (Å²) in [5.74, 6) is 1.20. The molecular formula is C16H29N5O2. The molecule has 1 aliphatic rings. The Bertz CT molecular complexity index is 535. The van der Waals surface area contributed by atoms with E-state index >= 15 is 0 Å². The molecule has 1 aliphatic carbocycles. The lowest BCUT2D eigenvalue weighted by Crippen LogP contribution is -2.35. The summed E-state index contributed by atoms with van der Waals surface area (Å²) in [7, 11) is 1.80. The van der Waals surface area contributed by atoms with Gasteiger partial charge in [0, 0.05) is 25.2 Å². The molecule has 0 saturated heterocycles. The molecule has 130 valence electrons. The Kier molecular flexibility index (Phi) is 5.64. The third-order valence-corrected chi connectivity index (χ3v) is 4.15. The molecule has 2 atom stereocenters. The van der Waals surface area contributed by atoms with Gasteiger partial charge in [-0.15, -0.1) is 0 Å². The number of ether oxygens (including phenoxy) is 1. The summed E-state index contributed by atoms with van der Waals surface area (Å²) in [5, 5.41) is 10.6. The van der Waals surface area contributed by atoms with Crippen LogP contribution in [0, 0.1) is 5.92 Å². The number of nitrogens with one attached hydrogen (secondary N) is 2. The standard InChI is InChI=1S/C16H29N5O2/c1-16(2,3)23-15(22)20-14-12(10-19-21(14)4)9-18-13-7-5-6-11(13)8-17/h10-11,13,18H,5-9,17H2,1-4H3,(H,20,22). The first kappa shape index (κ1) is 17.7. The lowest BCUT2D eigenvalue weighted by atomic mass is 10.0. The highest BCUT2D eigenvalue weighted by Gasteiger charge is 2.26. The van der Waals surface area contributed by atoms with E-state index in [2.05, 4.69) is 15.7 Å². The zero-order chi connectivity index (χ0) is 17.0. The van der Waals surface area contributed by atoms with Crippen molar-refractivity contribution in [1.82, 2.24) is 15.1 Å². The van der Waals surface area contributed by atoms with Crippen molar-refractivity contribution in [1.29, 1.82) is 0 Å². The Morgan fingerprint density at radius 3 is 2.87 bits per heavy atom. The Hall–Kier alpha value is -1.60. The fraction of sp³-hybridized carbons (Fsp3) is 0.750. The minimum atomic E-state index is -0.528. The molecule has 23 heavy (non-hydrogen) atoms. The normalized spacial score (nSPS) is 21.4. The van der Waals surface area contributed by atoms with E-state index in [9.17, 15) is 4.79 Å². The highest BCUT2D eigenvalue weighted by Crippen LogP contribution is 2.25. The number of hydrogen-bond donors (Lipinski definition) is 3. The second-order valence-electron chi connectivity index (χ2n) is 7.18. The Labute approximate surface area is 137 Å². The van der Waals surface area contributed by atoms with Crippen molar-refractivity contribution in [2.24, 2.45) is 18.7 Å². The average molecular weight is 323 g/mol. The third-order valence-electron chi connectivity index (χ3n) is 4.15. The van der Waals surface area contributed by atoms with Gasteiger partial charge in [0.25, 0.3) is 0 Å². The molecule has 4 N–H and O–H groups in total. The molecule has 7 nitrogen and oxygen atoms in total. The molecule has 0 spiro atoms. The van der Waals surface area contributed by atoms with Crippen LogP contribution in [0.5, 0.6) is 0 Å². The number of anilines is 1. The minimum absolute atomic E-state index is 0.439. The average Bonchev–Trinajstić information content (AvgIpc) is 3.02. The molecule has 7 heteroatoms. The van der Waals surface area contributed by atoms with Crippen LogP contribution in [0.1, 0.15) is 45.6 Å². The van der Waals surface area contributed by atoms with Gasteiger partial charge in [-0.3, -0.25) is 10.00 Å². The minimum Gasteiger partial charge on any atom is -0.444 e. The quantitative estimate of drug-likeness (QED) is 0.770. The number of carbonyl (C=O) groups excluding carboxylic acids is 1. The van der Waals surface area contributed by atoms with Gasteiger partial charge >= 0.3 is 6.09 Å². The maximum Gasteiger partial charge on any atom is 0.413 e. The molecule has 0 aromatic carbocycles. The zero-order valence-corrected chi connectivity index (χ0v) is 14.6. The van der Waals surface area contributed by atoms with Crippen LogP contribution in [0.15, 0.2) is 6.20 Å². The van der Waals surface area contributed by atoms with Gasteiger partial charge < -0.3 is 15.8 Å². The van der Waals surface area contributed by atoms with Gasteiger partial charge in [0.05, 0.1) is 6.20 Å². The SMILES string of the molecule is Cn1ncc(CNC2CCCC2CN)c1NC(=O)OC(C)(C)C. The molecule has 0 aliphatic heterocycles. The largest absolute Gasteiger partial charge is 0.444 e. The van der Waals surface area contributed by atoms with Gasteiger partial charge in [0.2, 0.25) is 0 Å². The fourth-order valence-corrected chi connectivity index (χ4v) is 3.00. The van der Waals surface area contributed by atoms with Gasteiger partial charge in [-0.25, -0.2) is 4.79 Å². The van der Waals surface area contributed by atoms with Crippen LogP contribution in [0.3, 0.4) is 0 Å². The number of rotatable bonds is 5. The zero-order valence-electron chi connectivity index (χ0n) is 14.6. The highest BCUT2D eigenvalue weighted by molar-refractivity contribution is 5.84. The lowest BCUT2D eigenvalue weighted by molar-refractivity contribution is 0.0634. The number of carbonyl (C=O) groups is 1. The summed E-state index contributed by atoms with van der Waals surface area (Å²) >= 11 is 0. The van der Waals surface area contributed by atoms with Gasteiger partial charge in [0.1, 0.15) is 11.4 Å². The first-order valence-corrected chi connectivity index (χ1v) is 8.24. The molecule has 1 aromatic heterocycles. The van der Waals surface area contributed by atoms with E-state index in [-0.39, 0.29) is 0 Å². The van der Waals surface area contributed by atoms with Crippen LogP contribution in [0.25, 0.3) is 0 Å². The molecule has 2 unspecified atom stereocenters. The molecule has 1 saturated carbocycles. The number of nitrogens with two attached hydrogens (primary N) is 1. The van der Waals surface area contributed by atoms with Crippen LogP contribution in [-0.4, -0.2) is 34.1 Å². The third kappa shape index (κ3) is 4.94. The second-order valence-corrected chi connectivity index (χ2v) is 7.18. The molecular weight excluding hydrogens is 294 g/mol. The van der Waals surface area contributed by atoms with E-state index in [4.69, 9.17) is 10.5 Å². The molecule has 1 aromatic rings. The number of amides is 1. The summed E-state index contributed by atoms with van der Waals surface area (Å²) in [6.45, 7) is 6.88. The molecule has 0 bridgehead atoms. The predicted octanol–water partition coefficient (Wildman–Crippen LogP) is 1.98. The first-order valence-electron chi connectivity index (χ1n) is 8.24. The van der Waals surface area contributed by atoms with Crippen molar-refractivity contribution in [3.8, 4) is 0 Å². The molecule has 1 heterocycles. The predicted molar refractivity (Wildman–Crippen MR) is 90.1 cm³/mol. The fourth-order valence-electron chi connectivity index (χ4n) is 3.00. The molecule has 2 rings (SSSR count). The van der Waals surface area contributed by atoms with E-state index in [0.29, 0.717) is 30.9 Å². The summed E-state index contributed by atoms with van der Waals surface area (Å²) in [6.07, 6.45) is 4.85. The van der Waals surface area contributed by atoms with Gasteiger partial charge in [0.15, 0.2) is 0 Å². The van der Waals surface area contributed by atoms with E-state index < -0.39 is 11.7 Å². The van der Waals surface area contributed by atoms with Gasteiger partial charge in [-0.05, 0) is 46.1 Å². The van der Waals surface area contributed by atoms with Crippen molar-refractivity contribution in [2.45, 2.75) is 58.2 Å². The van der Waals surface area contributed by atoms with Crippen molar-refractivity contribution in [2.75, 3.05) is 11.9 Å². The maximum absolute atomic E-state index is 12.0. The number of aromatic nitrogens is 2. The van der Waals surface area contributed by atoms with Crippen molar-refractivity contribution >= 4 is 11.9 Å². The summed E-state index contributed by atoms with van der Waals surface area (Å²) in [6, 6.07) is 0.439. The number of hydrogen-bond acceptors (Lipinski definition) is 5. The van der Waals surface area contributed by atoms with Gasteiger partial charge in [-0.1, -0.05) is 6.42 Å². The van der Waals surface area contributed by atoms with Gasteiger partial charge in [-0.2, -0.15) is 5.10 Å². The van der Waals surface area contributed by atoms with Crippen LogP contribution in [0.4, 0.5) is 10.6 Å². The Morgan fingerprint density at radius 2 is 2.22 bits per heavy atom. The number of nitrogens with zero attached hydrogens (tertiary/aromatic N) is 2. The van der Waals surface area contributed by atoms with E-state index in [0.717, 1.165) is 12.0 Å². The molecule has 1 amide bonds. The number of aryl methyl sites for hydroxylation is 1. The smallest absolute Gasteiger partial charge is 0.413 e. The lowest BCUT2D eigenvalue weighted by Gasteiger charge is -2.21. The van der Waals surface area contributed by atoms with Crippen molar-refractivity contribution in [3.05, 3.63) is 11.8 Å². The van der Waals surface area contributed by atoms with Crippen LogP contribution >= 0.6 is 0 Å². The van der Waals surface area contributed by atoms with Crippen molar-refractivity contribution < 1.29 is 9.53 Å². The summed E-state index contributed by atoms with van der Waals surface area (Å²) in [4.78, 5) is 12.0. The first-order chi connectivity index (χ1) is 10.8. The monoisotopic (exact) mass is 323 g/mol. The van der Waals surface area contributed by atoms with Crippen LogP contribution in [0.2, 0.25) is 0 Å². The maximum atomic E-state index is 12.0. The van der Waals surface area contributed by atoms with Crippen molar-refractivity contribution in [3.63, 3.8) is 0 Å². The molecule has 0 radical (unpaired) electrons. The van der Waals surface area contributed by atoms with Crippen LogP contribution < -0.4 is 16.4 Å². The summed E-state index contributed by atoms with van der Waals surface area (Å²) < 4.78 is 6.95. The van der Waals surface area contributed by atoms with E-state index in [1.54, 1.807) is 17.9 Å². The second kappa shape index (κ2) is 7.31. The Balaban J connectivity index is 1.97. The highest BCUT2D eigenvalue weighted by atomic mass is 16.6.